The fourth-order valence-electron chi connectivity index (χ4n) is 2.65. The van der Waals surface area contributed by atoms with Gasteiger partial charge < -0.3 is 19.9 Å². The Morgan fingerprint density at radius 1 is 1.22 bits per heavy atom. The number of methoxy groups -OCH3 is 1. The van der Waals surface area contributed by atoms with Crippen LogP contribution in [-0.4, -0.2) is 79.3 Å². The Bertz CT molecular complexity index is 719. The number of urea groups is 1. The maximum atomic E-state index is 12.1. The number of hydrogen-bond donors (Lipinski definition) is 1. The van der Waals surface area contributed by atoms with Gasteiger partial charge in [-0.2, -0.15) is 0 Å². The summed E-state index contributed by atoms with van der Waals surface area (Å²) in [6.07, 6.45) is 0.502. The minimum absolute atomic E-state index is 0.0677. The molecule has 1 N–H and O–H groups in total. The van der Waals surface area contributed by atoms with E-state index in [1.807, 2.05) is 0 Å². The van der Waals surface area contributed by atoms with Gasteiger partial charge in [-0.25, -0.2) is 4.79 Å². The Kier molecular flexibility index (Phi) is 6.75. The SMILES string of the molecule is COc1ccc(NC(=O)CN(C)C(=O)CCCN2C(=O)CN(C)C2=O)cc1. The fourth-order valence-corrected chi connectivity index (χ4v) is 2.65. The Balaban J connectivity index is 1.73. The molecule has 1 aliphatic rings. The minimum atomic E-state index is -0.348. The number of hydrogen-bond acceptors (Lipinski definition) is 5. The summed E-state index contributed by atoms with van der Waals surface area (Å²) in [5.41, 5.74) is 0.608. The Morgan fingerprint density at radius 2 is 1.89 bits per heavy atom. The summed E-state index contributed by atoms with van der Waals surface area (Å²) in [4.78, 5) is 51.4. The minimum Gasteiger partial charge on any atom is -0.497 e. The van der Waals surface area contributed by atoms with Crippen molar-refractivity contribution in [3.05, 3.63) is 24.3 Å². The summed E-state index contributed by atoms with van der Waals surface area (Å²) in [5.74, 6) is -0.126. The first-order valence-electron chi connectivity index (χ1n) is 8.55. The van der Waals surface area contributed by atoms with Gasteiger partial charge in [-0.05, 0) is 30.7 Å². The van der Waals surface area contributed by atoms with Crippen molar-refractivity contribution in [1.29, 1.82) is 0 Å². The second-order valence-electron chi connectivity index (χ2n) is 6.31. The van der Waals surface area contributed by atoms with Crippen molar-refractivity contribution in [2.75, 3.05) is 46.2 Å². The molecule has 9 heteroatoms. The second kappa shape index (κ2) is 9.02. The smallest absolute Gasteiger partial charge is 0.326 e. The van der Waals surface area contributed by atoms with Crippen LogP contribution in [0.3, 0.4) is 0 Å². The van der Waals surface area contributed by atoms with Gasteiger partial charge in [0.1, 0.15) is 12.3 Å². The lowest BCUT2D eigenvalue weighted by Crippen LogP contribution is -2.36. The molecule has 1 saturated heterocycles. The molecule has 0 saturated carbocycles. The first kappa shape index (κ1) is 20.2. The third kappa shape index (κ3) is 5.44. The number of nitrogens with zero attached hydrogens (tertiary/aromatic N) is 3. The molecule has 0 bridgehead atoms. The molecular formula is C18H24N4O5. The van der Waals surface area contributed by atoms with Gasteiger partial charge in [0.15, 0.2) is 0 Å². The average Bonchev–Trinajstić information content (AvgIpc) is 2.88. The molecule has 9 nitrogen and oxygen atoms in total. The van der Waals surface area contributed by atoms with Crippen molar-refractivity contribution in [2.45, 2.75) is 12.8 Å². The quantitative estimate of drug-likeness (QED) is 0.676. The van der Waals surface area contributed by atoms with Crippen molar-refractivity contribution < 1.29 is 23.9 Å². The van der Waals surface area contributed by atoms with Crippen LogP contribution < -0.4 is 10.1 Å². The van der Waals surface area contributed by atoms with Crippen LogP contribution in [0.25, 0.3) is 0 Å². The zero-order valence-electron chi connectivity index (χ0n) is 15.7. The lowest BCUT2D eigenvalue weighted by atomic mass is 10.2. The molecule has 5 amide bonds. The predicted octanol–water partition coefficient (Wildman–Crippen LogP) is 0.766. The maximum Gasteiger partial charge on any atom is 0.326 e. The lowest BCUT2D eigenvalue weighted by Gasteiger charge is -2.18. The molecular weight excluding hydrogens is 352 g/mol. The topological polar surface area (TPSA) is 99.3 Å². The van der Waals surface area contributed by atoms with E-state index in [2.05, 4.69) is 5.32 Å². The summed E-state index contributed by atoms with van der Waals surface area (Å²) in [6, 6.07) is 6.52. The van der Waals surface area contributed by atoms with Gasteiger partial charge in [0.05, 0.1) is 13.7 Å². The molecule has 27 heavy (non-hydrogen) atoms. The van der Waals surface area contributed by atoms with Crippen molar-refractivity contribution >= 4 is 29.4 Å². The number of carbonyl (C=O) groups is 4. The second-order valence-corrected chi connectivity index (χ2v) is 6.31. The van der Waals surface area contributed by atoms with Crippen LogP contribution in [0.1, 0.15) is 12.8 Å². The monoisotopic (exact) mass is 376 g/mol. The third-order valence-corrected chi connectivity index (χ3v) is 4.18. The molecule has 0 aliphatic carbocycles. The van der Waals surface area contributed by atoms with Crippen molar-refractivity contribution in [2.24, 2.45) is 0 Å². The number of nitrogens with one attached hydrogen (secondary N) is 1. The number of carbonyl (C=O) groups excluding carboxylic acids is 4. The molecule has 0 radical (unpaired) electrons. The van der Waals surface area contributed by atoms with Crippen LogP contribution in [0.5, 0.6) is 5.75 Å². The van der Waals surface area contributed by atoms with Crippen molar-refractivity contribution in [1.82, 2.24) is 14.7 Å². The van der Waals surface area contributed by atoms with Gasteiger partial charge in [-0.3, -0.25) is 19.3 Å². The molecule has 0 unspecified atom stereocenters. The molecule has 1 aliphatic heterocycles. The van der Waals surface area contributed by atoms with Crippen LogP contribution in [0.2, 0.25) is 0 Å². The summed E-state index contributed by atoms with van der Waals surface area (Å²) in [5, 5.41) is 2.70. The first-order chi connectivity index (χ1) is 12.8. The number of anilines is 1. The van der Waals surface area contributed by atoms with E-state index in [-0.39, 0.29) is 49.8 Å². The first-order valence-corrected chi connectivity index (χ1v) is 8.55. The molecule has 0 atom stereocenters. The number of ether oxygens (including phenoxy) is 1. The molecule has 1 aromatic carbocycles. The Hall–Kier alpha value is -3.10. The molecule has 1 heterocycles. The number of amides is 5. The summed E-state index contributed by atoms with van der Waals surface area (Å²) >= 11 is 0. The summed E-state index contributed by atoms with van der Waals surface area (Å²) in [7, 11) is 4.65. The van der Waals surface area contributed by atoms with Gasteiger partial charge in [-0.1, -0.05) is 0 Å². The van der Waals surface area contributed by atoms with Crippen LogP contribution in [-0.2, 0) is 14.4 Å². The van der Waals surface area contributed by atoms with E-state index in [1.54, 1.807) is 38.4 Å². The predicted molar refractivity (Wildman–Crippen MR) is 98.2 cm³/mol. The number of likely N-dealkylation sites (N-methyl/N-ethyl adjacent to an activating group) is 2. The zero-order chi connectivity index (χ0) is 20.0. The molecule has 1 fully saturated rings. The molecule has 0 spiro atoms. The van der Waals surface area contributed by atoms with Gasteiger partial charge in [0.2, 0.25) is 17.7 Å². The van der Waals surface area contributed by atoms with E-state index in [1.165, 1.54) is 16.8 Å². The molecule has 0 aromatic heterocycles. The highest BCUT2D eigenvalue weighted by molar-refractivity contribution is 6.01. The van der Waals surface area contributed by atoms with Gasteiger partial charge >= 0.3 is 6.03 Å². The van der Waals surface area contributed by atoms with Gasteiger partial charge in [0, 0.05) is 32.7 Å². The maximum absolute atomic E-state index is 12.1. The fraction of sp³-hybridized carbons (Fsp3) is 0.444. The molecule has 146 valence electrons. The number of benzene rings is 1. The zero-order valence-corrected chi connectivity index (χ0v) is 15.7. The Labute approximate surface area is 157 Å². The van der Waals surface area contributed by atoms with E-state index in [4.69, 9.17) is 4.74 Å². The highest BCUT2D eigenvalue weighted by Crippen LogP contribution is 2.15. The van der Waals surface area contributed by atoms with E-state index < -0.39 is 0 Å². The number of imide groups is 1. The van der Waals surface area contributed by atoms with Crippen LogP contribution in [0, 0.1) is 0 Å². The lowest BCUT2D eigenvalue weighted by molar-refractivity contribution is -0.133. The normalized spacial score (nSPS) is 13.7. The van der Waals surface area contributed by atoms with E-state index in [0.717, 1.165) is 4.90 Å². The summed E-state index contributed by atoms with van der Waals surface area (Å²) in [6.45, 7) is 0.174. The standard InChI is InChI=1S/C18H24N4O5/c1-20(11-15(23)19-13-6-8-14(27-3)9-7-13)16(24)5-4-10-22-17(25)12-21(2)18(22)26/h6-9H,4-5,10-12H2,1-3H3,(H,19,23). The molecule has 2 rings (SSSR count). The van der Waals surface area contributed by atoms with Crippen LogP contribution >= 0.6 is 0 Å². The van der Waals surface area contributed by atoms with Gasteiger partial charge in [-0.15, -0.1) is 0 Å². The highest BCUT2D eigenvalue weighted by Gasteiger charge is 2.32. The third-order valence-electron chi connectivity index (χ3n) is 4.18. The Morgan fingerprint density at radius 3 is 2.44 bits per heavy atom. The largest absolute Gasteiger partial charge is 0.497 e. The van der Waals surface area contributed by atoms with Crippen molar-refractivity contribution in [3.8, 4) is 5.75 Å². The van der Waals surface area contributed by atoms with E-state index in [0.29, 0.717) is 17.9 Å². The van der Waals surface area contributed by atoms with E-state index in [9.17, 15) is 19.2 Å². The van der Waals surface area contributed by atoms with Crippen LogP contribution in [0.4, 0.5) is 10.5 Å². The average molecular weight is 376 g/mol. The number of rotatable bonds is 8. The summed E-state index contributed by atoms with van der Waals surface area (Å²) < 4.78 is 5.05. The van der Waals surface area contributed by atoms with Crippen molar-refractivity contribution in [3.63, 3.8) is 0 Å². The molecule has 1 aromatic rings. The van der Waals surface area contributed by atoms with Crippen LogP contribution in [0.15, 0.2) is 24.3 Å². The highest BCUT2D eigenvalue weighted by atomic mass is 16.5. The van der Waals surface area contributed by atoms with E-state index >= 15 is 0 Å². The van der Waals surface area contributed by atoms with Gasteiger partial charge in [0.25, 0.3) is 0 Å².